The van der Waals surface area contributed by atoms with Crippen LogP contribution in [0.4, 0.5) is 0 Å². The lowest BCUT2D eigenvalue weighted by atomic mass is 10.1. The molecule has 0 aliphatic rings. The minimum absolute atomic E-state index is 0.222. The number of nitrogens with one attached hydrogen (secondary N) is 1. The number of hydrogen-bond donors (Lipinski definition) is 2. The molecule has 3 aromatic carbocycles. The lowest BCUT2D eigenvalue weighted by molar-refractivity contribution is -0.132. The molecule has 0 spiro atoms. The fourth-order valence-corrected chi connectivity index (χ4v) is 2.39. The van der Waals surface area contributed by atoms with E-state index in [1.807, 2.05) is 30.3 Å². The van der Waals surface area contributed by atoms with Crippen molar-refractivity contribution in [2.24, 2.45) is 0 Å². The third kappa shape index (κ3) is 5.06. The summed E-state index contributed by atoms with van der Waals surface area (Å²) in [5.74, 6) is -0.474. The Morgan fingerprint density at radius 1 is 0.815 bits per heavy atom. The molecule has 5 heteroatoms. The monoisotopic (exact) mass is 359 g/mol. The zero-order chi connectivity index (χ0) is 19.1. The number of para-hydroxylation sites is 1. The van der Waals surface area contributed by atoms with E-state index in [1.165, 1.54) is 6.08 Å². The number of amides is 1. The Hall–Kier alpha value is -3.86. The van der Waals surface area contributed by atoms with E-state index in [0.717, 1.165) is 0 Å². The van der Waals surface area contributed by atoms with Crippen molar-refractivity contribution in [2.45, 2.75) is 0 Å². The van der Waals surface area contributed by atoms with Crippen molar-refractivity contribution in [3.8, 4) is 11.5 Å². The topological polar surface area (TPSA) is 75.6 Å². The van der Waals surface area contributed by atoms with Gasteiger partial charge in [0.2, 0.25) is 0 Å². The summed E-state index contributed by atoms with van der Waals surface area (Å²) >= 11 is 0. The van der Waals surface area contributed by atoms with Crippen LogP contribution >= 0.6 is 0 Å². The fourth-order valence-electron chi connectivity index (χ4n) is 2.39. The van der Waals surface area contributed by atoms with Gasteiger partial charge in [-0.05, 0) is 48.0 Å². The van der Waals surface area contributed by atoms with Crippen LogP contribution < -0.4 is 10.1 Å². The molecule has 0 saturated heterocycles. The van der Waals surface area contributed by atoms with Gasteiger partial charge in [-0.25, -0.2) is 4.79 Å². The Kier molecular flexibility index (Phi) is 5.64. The van der Waals surface area contributed by atoms with E-state index in [4.69, 9.17) is 4.74 Å². The van der Waals surface area contributed by atoms with E-state index in [0.29, 0.717) is 22.6 Å². The maximum Gasteiger partial charge on any atom is 0.352 e. The Balaban J connectivity index is 1.80. The molecule has 0 bridgehead atoms. The molecule has 3 aromatic rings. The number of carboxylic acid groups (broad SMARTS) is 1. The number of carboxylic acids is 1. The van der Waals surface area contributed by atoms with Gasteiger partial charge in [0.05, 0.1) is 0 Å². The third-order valence-electron chi connectivity index (χ3n) is 3.66. The van der Waals surface area contributed by atoms with Crippen molar-refractivity contribution < 1.29 is 19.4 Å². The van der Waals surface area contributed by atoms with Crippen LogP contribution in [0.5, 0.6) is 11.5 Å². The van der Waals surface area contributed by atoms with Gasteiger partial charge in [0.1, 0.15) is 17.2 Å². The van der Waals surface area contributed by atoms with Gasteiger partial charge in [-0.1, -0.05) is 48.5 Å². The van der Waals surface area contributed by atoms with Gasteiger partial charge in [-0.2, -0.15) is 0 Å². The summed E-state index contributed by atoms with van der Waals surface area (Å²) in [6.45, 7) is 0. The number of rotatable bonds is 6. The summed E-state index contributed by atoms with van der Waals surface area (Å²) in [7, 11) is 0. The Morgan fingerprint density at radius 2 is 1.44 bits per heavy atom. The van der Waals surface area contributed by atoms with Crippen LogP contribution in [0.15, 0.2) is 90.6 Å². The van der Waals surface area contributed by atoms with Gasteiger partial charge >= 0.3 is 5.97 Å². The summed E-state index contributed by atoms with van der Waals surface area (Å²) in [6, 6.07) is 24.6. The molecule has 134 valence electrons. The summed E-state index contributed by atoms with van der Waals surface area (Å²) in [6.07, 6.45) is 1.39. The third-order valence-corrected chi connectivity index (χ3v) is 3.66. The molecule has 2 N–H and O–H groups in total. The van der Waals surface area contributed by atoms with Gasteiger partial charge in [0.15, 0.2) is 0 Å². The highest BCUT2D eigenvalue weighted by molar-refractivity contribution is 6.02. The number of ether oxygens (including phenoxy) is 1. The van der Waals surface area contributed by atoms with Crippen LogP contribution in [0.1, 0.15) is 15.9 Å². The Morgan fingerprint density at radius 3 is 2.11 bits per heavy atom. The lowest BCUT2D eigenvalue weighted by Crippen LogP contribution is -2.27. The first-order chi connectivity index (χ1) is 13.1. The molecule has 0 aromatic heterocycles. The molecule has 3 rings (SSSR count). The van der Waals surface area contributed by atoms with Crippen molar-refractivity contribution in [2.75, 3.05) is 0 Å². The van der Waals surface area contributed by atoms with Crippen molar-refractivity contribution in [3.63, 3.8) is 0 Å². The zero-order valence-corrected chi connectivity index (χ0v) is 14.3. The molecule has 0 unspecified atom stereocenters. The molecule has 0 fully saturated rings. The van der Waals surface area contributed by atoms with Crippen LogP contribution in [0.3, 0.4) is 0 Å². The van der Waals surface area contributed by atoms with Gasteiger partial charge in [-0.3, -0.25) is 4.79 Å². The highest BCUT2D eigenvalue weighted by Gasteiger charge is 2.13. The maximum absolute atomic E-state index is 12.2. The van der Waals surface area contributed by atoms with Crippen LogP contribution in [0.2, 0.25) is 0 Å². The van der Waals surface area contributed by atoms with Crippen molar-refractivity contribution in [1.29, 1.82) is 0 Å². The number of carbonyl (C=O) groups is 2. The fraction of sp³-hybridized carbons (Fsp3) is 0. The largest absolute Gasteiger partial charge is 0.477 e. The van der Waals surface area contributed by atoms with E-state index in [1.54, 1.807) is 54.6 Å². The minimum Gasteiger partial charge on any atom is -0.477 e. The Bertz CT molecular complexity index is 966. The number of aliphatic carboxylic acids is 1. The molecular formula is C22H17NO4. The standard InChI is InChI=1S/C22H17NO4/c24-21(17-9-3-1-4-10-17)23-20(22(25)26)15-16-8-7-13-19(14-16)27-18-11-5-2-6-12-18/h1-15H,(H,23,24)(H,25,26). The summed E-state index contributed by atoms with van der Waals surface area (Å²) in [4.78, 5) is 23.8. The normalized spacial score (nSPS) is 10.9. The molecule has 0 aliphatic carbocycles. The molecule has 0 aliphatic heterocycles. The predicted molar refractivity (Wildman–Crippen MR) is 102 cm³/mol. The van der Waals surface area contributed by atoms with Crippen LogP contribution in [0.25, 0.3) is 6.08 Å². The maximum atomic E-state index is 12.2. The van der Waals surface area contributed by atoms with E-state index in [-0.39, 0.29) is 5.70 Å². The van der Waals surface area contributed by atoms with Crippen LogP contribution in [-0.4, -0.2) is 17.0 Å². The smallest absolute Gasteiger partial charge is 0.352 e. The number of benzene rings is 3. The van der Waals surface area contributed by atoms with Crippen LogP contribution in [-0.2, 0) is 4.79 Å². The lowest BCUT2D eigenvalue weighted by Gasteiger charge is -2.08. The average Bonchev–Trinajstić information content (AvgIpc) is 2.69. The number of carbonyl (C=O) groups excluding carboxylic acids is 1. The molecular weight excluding hydrogens is 342 g/mol. The Labute approximate surface area is 156 Å². The van der Waals surface area contributed by atoms with E-state index < -0.39 is 11.9 Å². The van der Waals surface area contributed by atoms with Crippen molar-refractivity contribution in [1.82, 2.24) is 5.32 Å². The second kappa shape index (κ2) is 8.49. The summed E-state index contributed by atoms with van der Waals surface area (Å²) in [5, 5.41) is 11.9. The summed E-state index contributed by atoms with van der Waals surface area (Å²) < 4.78 is 5.75. The predicted octanol–water partition coefficient (Wildman–Crippen LogP) is 4.33. The minimum atomic E-state index is -1.23. The zero-order valence-electron chi connectivity index (χ0n) is 14.3. The van der Waals surface area contributed by atoms with Crippen molar-refractivity contribution in [3.05, 3.63) is 102 Å². The molecule has 0 radical (unpaired) electrons. The highest BCUT2D eigenvalue weighted by atomic mass is 16.5. The van der Waals surface area contributed by atoms with Gasteiger partial charge < -0.3 is 15.2 Å². The molecule has 0 heterocycles. The first-order valence-electron chi connectivity index (χ1n) is 8.26. The molecule has 5 nitrogen and oxygen atoms in total. The number of hydrogen-bond acceptors (Lipinski definition) is 3. The van der Waals surface area contributed by atoms with E-state index in [2.05, 4.69) is 5.32 Å². The molecule has 1 amide bonds. The van der Waals surface area contributed by atoms with Gasteiger partial charge in [0.25, 0.3) is 5.91 Å². The van der Waals surface area contributed by atoms with Gasteiger partial charge in [-0.15, -0.1) is 0 Å². The van der Waals surface area contributed by atoms with E-state index in [9.17, 15) is 14.7 Å². The average molecular weight is 359 g/mol. The quantitative estimate of drug-likeness (QED) is 0.642. The van der Waals surface area contributed by atoms with Crippen LogP contribution in [0, 0.1) is 0 Å². The highest BCUT2D eigenvalue weighted by Crippen LogP contribution is 2.22. The first kappa shape index (κ1) is 17.9. The second-order valence-corrected chi connectivity index (χ2v) is 5.67. The van der Waals surface area contributed by atoms with E-state index >= 15 is 0 Å². The second-order valence-electron chi connectivity index (χ2n) is 5.67. The molecule has 0 saturated carbocycles. The van der Waals surface area contributed by atoms with Gasteiger partial charge in [0, 0.05) is 5.56 Å². The molecule has 0 atom stereocenters. The van der Waals surface area contributed by atoms with Crippen molar-refractivity contribution >= 4 is 18.0 Å². The molecule has 27 heavy (non-hydrogen) atoms. The first-order valence-corrected chi connectivity index (χ1v) is 8.26. The summed E-state index contributed by atoms with van der Waals surface area (Å²) in [5.41, 5.74) is 0.751. The SMILES string of the molecule is O=C(O)C(=Cc1cccc(Oc2ccccc2)c1)NC(=O)c1ccccc1.